The van der Waals surface area contributed by atoms with E-state index in [1.165, 1.54) is 31.5 Å². The molecule has 0 radical (unpaired) electrons. The van der Waals surface area contributed by atoms with Crippen molar-refractivity contribution < 1.29 is 18.3 Å². The molecule has 1 saturated carbocycles. The highest BCUT2D eigenvalue weighted by Crippen LogP contribution is 2.54. The number of benzene rings is 1. The Hall–Kier alpha value is -4.25. The fourth-order valence-electron chi connectivity index (χ4n) is 4.00. The van der Waals surface area contributed by atoms with Crippen LogP contribution < -0.4 is 10.1 Å². The number of amidine groups is 1. The maximum absolute atomic E-state index is 13.3. The summed E-state index contributed by atoms with van der Waals surface area (Å²) in [6.07, 6.45) is 5.48. The SMILES string of the molecule is C=C(SC(=N)NC(=O)C1=C(c2cc(C(F)F)ncc2OC)C=C=CC=C1)[C@H]1C[C@@H]1c1ccc(C#N)cc1. The summed E-state index contributed by atoms with van der Waals surface area (Å²) in [6, 6.07) is 10.7. The molecule has 9 heteroatoms. The topological polar surface area (TPSA) is 98.9 Å². The van der Waals surface area contributed by atoms with Crippen LogP contribution in [-0.2, 0) is 4.79 Å². The molecule has 0 aliphatic heterocycles. The average molecular weight is 517 g/mol. The summed E-state index contributed by atoms with van der Waals surface area (Å²) in [6.45, 7) is 4.09. The van der Waals surface area contributed by atoms with Crippen LogP contribution in [0.1, 0.15) is 41.1 Å². The molecule has 37 heavy (non-hydrogen) atoms. The molecule has 1 fully saturated rings. The van der Waals surface area contributed by atoms with Crippen molar-refractivity contribution in [2.45, 2.75) is 18.8 Å². The van der Waals surface area contributed by atoms with Gasteiger partial charge in [-0.1, -0.05) is 36.5 Å². The van der Waals surface area contributed by atoms with Gasteiger partial charge in [-0.2, -0.15) is 5.26 Å². The molecular weight excluding hydrogens is 494 g/mol. The van der Waals surface area contributed by atoms with Gasteiger partial charge in [-0.3, -0.25) is 15.2 Å². The molecule has 2 aromatic rings. The van der Waals surface area contributed by atoms with Crippen molar-refractivity contribution in [2.75, 3.05) is 7.11 Å². The van der Waals surface area contributed by atoms with Gasteiger partial charge in [0, 0.05) is 16.7 Å². The van der Waals surface area contributed by atoms with Crippen LogP contribution in [0.2, 0.25) is 0 Å². The number of hydrogen-bond donors (Lipinski definition) is 2. The number of carbonyl (C=O) groups is 1. The van der Waals surface area contributed by atoms with Crippen molar-refractivity contribution in [3.05, 3.63) is 106 Å². The molecular formula is C28H22F2N4O2S. The second-order valence-corrected chi connectivity index (χ2v) is 9.45. The number of ether oxygens (including phenoxy) is 1. The first-order valence-electron chi connectivity index (χ1n) is 11.2. The van der Waals surface area contributed by atoms with Gasteiger partial charge in [-0.25, -0.2) is 8.78 Å². The number of pyridine rings is 1. The minimum absolute atomic E-state index is 0.100. The molecule has 0 spiro atoms. The molecule has 2 atom stereocenters. The van der Waals surface area contributed by atoms with Gasteiger partial charge in [0.15, 0.2) is 5.17 Å². The molecule has 1 aromatic heterocycles. The number of nitrogens with one attached hydrogen (secondary N) is 2. The number of halogens is 2. The standard InChI is InChI=1S/C28H22F2N4O2S/c1-16(21-12-22(21)18-10-8-17(14-31)9-11-18)37-28(32)34-27(35)20-7-5-3-4-6-19(20)23-13-24(26(29)30)33-15-25(23)36-2/h3,5-11,13,15,21-22,26H,1,12H2,2H3,(H2,32,34,35)/t21-,22-/m1/s1. The van der Waals surface area contributed by atoms with E-state index < -0.39 is 18.0 Å². The molecule has 186 valence electrons. The number of aromatic nitrogens is 1. The highest BCUT2D eigenvalue weighted by atomic mass is 32.2. The van der Waals surface area contributed by atoms with Crippen LogP contribution in [0.25, 0.3) is 5.57 Å². The largest absolute Gasteiger partial charge is 0.494 e. The molecule has 1 amide bonds. The van der Waals surface area contributed by atoms with Crippen LogP contribution >= 0.6 is 11.8 Å². The number of nitrogens with zero attached hydrogens (tertiary/aromatic N) is 2. The van der Waals surface area contributed by atoms with E-state index in [0.717, 1.165) is 28.7 Å². The Kier molecular flexibility index (Phi) is 7.83. The van der Waals surface area contributed by atoms with E-state index in [4.69, 9.17) is 15.4 Å². The maximum Gasteiger partial charge on any atom is 0.280 e. The zero-order valence-corrected chi connectivity index (χ0v) is 20.6. The number of alkyl halides is 2. The fraction of sp³-hybridized carbons (Fsp3) is 0.179. The zero-order chi connectivity index (χ0) is 26.5. The van der Waals surface area contributed by atoms with Gasteiger partial charge < -0.3 is 10.1 Å². The molecule has 1 heterocycles. The Bertz CT molecular complexity index is 1430. The lowest BCUT2D eigenvalue weighted by molar-refractivity contribution is -0.115. The van der Waals surface area contributed by atoms with E-state index in [0.29, 0.717) is 11.1 Å². The number of carbonyl (C=O) groups excluding carboxylic acids is 1. The van der Waals surface area contributed by atoms with Crippen molar-refractivity contribution in [3.63, 3.8) is 0 Å². The highest BCUT2D eigenvalue weighted by Gasteiger charge is 2.40. The number of amides is 1. The van der Waals surface area contributed by atoms with Crippen LogP contribution in [0, 0.1) is 22.7 Å². The van der Waals surface area contributed by atoms with Crippen LogP contribution in [0.5, 0.6) is 5.75 Å². The molecule has 2 N–H and O–H groups in total. The van der Waals surface area contributed by atoms with Crippen molar-refractivity contribution in [2.24, 2.45) is 5.92 Å². The summed E-state index contributed by atoms with van der Waals surface area (Å²) < 4.78 is 31.9. The molecule has 4 rings (SSSR count). The van der Waals surface area contributed by atoms with Crippen LogP contribution in [-0.4, -0.2) is 23.2 Å². The number of thioether (sulfide) groups is 1. The third-order valence-corrected chi connectivity index (χ3v) is 6.84. The van der Waals surface area contributed by atoms with Gasteiger partial charge in [0.25, 0.3) is 12.3 Å². The van der Waals surface area contributed by atoms with Gasteiger partial charge in [0.2, 0.25) is 0 Å². The Labute approximate surface area is 217 Å². The number of methoxy groups -OCH3 is 1. The van der Waals surface area contributed by atoms with Crippen LogP contribution in [0.3, 0.4) is 0 Å². The third kappa shape index (κ3) is 5.95. The first-order valence-corrected chi connectivity index (χ1v) is 12.1. The molecule has 0 bridgehead atoms. The second kappa shape index (κ2) is 11.2. The van der Waals surface area contributed by atoms with E-state index >= 15 is 0 Å². The van der Waals surface area contributed by atoms with E-state index in [2.05, 4.69) is 28.7 Å². The summed E-state index contributed by atoms with van der Waals surface area (Å²) in [5.41, 5.74) is 4.87. The van der Waals surface area contributed by atoms with Gasteiger partial charge in [0.1, 0.15) is 11.4 Å². The van der Waals surface area contributed by atoms with Gasteiger partial charge in [-0.05, 0) is 65.2 Å². The van der Waals surface area contributed by atoms with E-state index in [1.54, 1.807) is 24.3 Å². The second-order valence-electron chi connectivity index (χ2n) is 8.31. The lowest BCUT2D eigenvalue weighted by atomic mass is 9.98. The maximum atomic E-state index is 13.3. The summed E-state index contributed by atoms with van der Waals surface area (Å²) in [5.74, 6) is 0.0544. The van der Waals surface area contributed by atoms with Crippen molar-refractivity contribution in [1.82, 2.24) is 10.3 Å². The molecule has 0 unspecified atom stereocenters. The fourth-order valence-corrected chi connectivity index (χ4v) is 4.82. The minimum atomic E-state index is -2.80. The highest BCUT2D eigenvalue weighted by molar-refractivity contribution is 8.17. The zero-order valence-electron chi connectivity index (χ0n) is 19.8. The lowest BCUT2D eigenvalue weighted by Crippen LogP contribution is -2.29. The van der Waals surface area contributed by atoms with Crippen LogP contribution in [0.4, 0.5) is 8.78 Å². The summed E-state index contributed by atoms with van der Waals surface area (Å²) >= 11 is 1.08. The van der Waals surface area contributed by atoms with Crippen molar-refractivity contribution >= 4 is 28.4 Å². The normalized spacial score (nSPS) is 17.8. The molecule has 2 aliphatic carbocycles. The number of allylic oxidation sites excluding steroid dienone is 4. The predicted octanol–water partition coefficient (Wildman–Crippen LogP) is 6.04. The summed E-state index contributed by atoms with van der Waals surface area (Å²) in [5, 5.41) is 19.8. The Morgan fingerprint density at radius 2 is 2.14 bits per heavy atom. The number of rotatable bonds is 7. The molecule has 1 aromatic carbocycles. The monoisotopic (exact) mass is 516 g/mol. The van der Waals surface area contributed by atoms with Crippen LogP contribution in [0.15, 0.2) is 83.6 Å². The number of nitriles is 1. The van der Waals surface area contributed by atoms with Crippen molar-refractivity contribution in [3.8, 4) is 11.8 Å². The summed E-state index contributed by atoms with van der Waals surface area (Å²) in [7, 11) is 1.38. The Balaban J connectivity index is 1.49. The number of hydrogen-bond acceptors (Lipinski definition) is 6. The van der Waals surface area contributed by atoms with E-state index in [9.17, 15) is 13.6 Å². The first-order chi connectivity index (χ1) is 17.8. The van der Waals surface area contributed by atoms with E-state index in [1.807, 2.05) is 12.1 Å². The predicted molar refractivity (Wildman–Crippen MR) is 139 cm³/mol. The van der Waals surface area contributed by atoms with E-state index in [-0.39, 0.29) is 33.9 Å². The van der Waals surface area contributed by atoms with Gasteiger partial charge in [-0.15, -0.1) is 5.73 Å². The minimum Gasteiger partial charge on any atom is -0.494 e. The molecule has 6 nitrogen and oxygen atoms in total. The van der Waals surface area contributed by atoms with Crippen molar-refractivity contribution in [1.29, 1.82) is 10.7 Å². The lowest BCUT2D eigenvalue weighted by Gasteiger charge is -2.14. The first kappa shape index (κ1) is 25.8. The Morgan fingerprint density at radius 1 is 1.38 bits per heavy atom. The van der Waals surface area contributed by atoms with Gasteiger partial charge in [0.05, 0.1) is 24.9 Å². The third-order valence-electron chi connectivity index (χ3n) is 5.97. The van der Waals surface area contributed by atoms with Gasteiger partial charge >= 0.3 is 0 Å². The Morgan fingerprint density at radius 3 is 2.81 bits per heavy atom. The smallest absolute Gasteiger partial charge is 0.280 e. The summed E-state index contributed by atoms with van der Waals surface area (Å²) in [4.78, 5) is 17.7. The quantitative estimate of drug-likeness (QED) is 0.266. The molecule has 0 saturated heterocycles. The average Bonchev–Trinajstić information content (AvgIpc) is 3.72. The molecule has 2 aliphatic rings.